The standard InChI is InChI=1S/C22H19ClN6O3S3/c1-2-33-22(30)27-21-26-16-7-6-14-18(12-4-3-9-25-11-12)28-29(19(14)20(16)34-21)17-8-5-13(10-15(17)23)35(24,31)32/h3-5,8-11H,2,6-7H2,1H3,(H2,24,31,32)(H,26,27,30). The minimum absolute atomic E-state index is 0.0864. The van der Waals surface area contributed by atoms with E-state index >= 15 is 0 Å². The van der Waals surface area contributed by atoms with Crippen LogP contribution < -0.4 is 10.5 Å². The highest BCUT2D eigenvalue weighted by Gasteiger charge is 2.30. The lowest BCUT2D eigenvalue weighted by Gasteiger charge is -2.15. The molecule has 0 saturated carbocycles. The van der Waals surface area contributed by atoms with E-state index in [0.717, 1.165) is 33.1 Å². The number of thioether (sulfide) groups is 1. The van der Waals surface area contributed by atoms with E-state index < -0.39 is 10.0 Å². The fourth-order valence-corrected chi connectivity index (χ4v) is 6.35. The van der Waals surface area contributed by atoms with Gasteiger partial charge in [-0.3, -0.25) is 15.1 Å². The average molecular weight is 547 g/mol. The number of fused-ring (bicyclic) bond motifs is 3. The molecule has 5 rings (SSSR count). The number of benzene rings is 1. The number of carbonyl (C=O) groups excluding carboxylic acids is 1. The summed E-state index contributed by atoms with van der Waals surface area (Å²) in [5.41, 5.74) is 4.76. The van der Waals surface area contributed by atoms with Crippen molar-refractivity contribution in [3.8, 4) is 27.5 Å². The van der Waals surface area contributed by atoms with Crippen LogP contribution in [0.25, 0.3) is 27.5 Å². The summed E-state index contributed by atoms with van der Waals surface area (Å²) in [4.78, 5) is 21.8. The van der Waals surface area contributed by atoms with Crippen molar-refractivity contribution >= 4 is 55.1 Å². The maximum atomic E-state index is 12.1. The Morgan fingerprint density at radius 1 is 1.31 bits per heavy atom. The highest BCUT2D eigenvalue weighted by Crippen LogP contribution is 2.44. The van der Waals surface area contributed by atoms with Crippen molar-refractivity contribution in [2.24, 2.45) is 5.14 Å². The SMILES string of the molecule is CCSC(=O)Nc1nc2c(s1)-c1c(c(-c3cccnc3)nn1-c1ccc(S(N)(=O)=O)cc1Cl)CC2. The molecule has 4 aromatic rings. The van der Waals surface area contributed by atoms with Gasteiger partial charge in [0.25, 0.3) is 5.24 Å². The zero-order chi connectivity index (χ0) is 24.7. The van der Waals surface area contributed by atoms with Crippen molar-refractivity contribution in [2.45, 2.75) is 24.7 Å². The van der Waals surface area contributed by atoms with Gasteiger partial charge in [0.05, 0.1) is 37.6 Å². The molecule has 0 spiro atoms. The van der Waals surface area contributed by atoms with E-state index in [2.05, 4.69) is 15.3 Å². The Kier molecular flexibility index (Phi) is 6.40. The Balaban J connectivity index is 1.70. The number of hydrogen-bond donors (Lipinski definition) is 2. The summed E-state index contributed by atoms with van der Waals surface area (Å²) in [5.74, 6) is 0.662. The lowest BCUT2D eigenvalue weighted by Crippen LogP contribution is -2.12. The maximum Gasteiger partial charge on any atom is 0.285 e. The number of rotatable bonds is 5. The molecule has 0 radical (unpaired) electrons. The van der Waals surface area contributed by atoms with Crippen LogP contribution in [0.15, 0.2) is 47.6 Å². The number of halogens is 1. The summed E-state index contributed by atoms with van der Waals surface area (Å²) in [6, 6.07) is 8.07. The number of aryl methyl sites for hydroxylation is 1. The lowest BCUT2D eigenvalue weighted by atomic mass is 9.95. The molecule has 1 aromatic carbocycles. The van der Waals surface area contributed by atoms with Crippen LogP contribution in [0.3, 0.4) is 0 Å². The first-order valence-corrected chi connectivity index (χ1v) is 14.3. The summed E-state index contributed by atoms with van der Waals surface area (Å²) >= 11 is 9.09. The Hall–Kier alpha value is -2.77. The monoisotopic (exact) mass is 546 g/mol. The third-order valence-corrected chi connectivity index (χ3v) is 8.29. The molecule has 35 heavy (non-hydrogen) atoms. The van der Waals surface area contributed by atoms with Crippen molar-refractivity contribution in [3.63, 3.8) is 0 Å². The second-order valence-corrected chi connectivity index (χ2v) is 11.8. The summed E-state index contributed by atoms with van der Waals surface area (Å²) in [7, 11) is -3.91. The minimum atomic E-state index is -3.91. The molecule has 1 amide bonds. The molecule has 0 fully saturated rings. The van der Waals surface area contributed by atoms with Gasteiger partial charge in [-0.1, -0.05) is 41.6 Å². The molecule has 13 heteroatoms. The van der Waals surface area contributed by atoms with Gasteiger partial charge in [0, 0.05) is 23.5 Å². The van der Waals surface area contributed by atoms with Crippen LogP contribution in [0, 0.1) is 0 Å². The van der Waals surface area contributed by atoms with E-state index in [0.29, 0.717) is 29.4 Å². The van der Waals surface area contributed by atoms with Gasteiger partial charge in [-0.25, -0.2) is 23.2 Å². The minimum Gasteiger partial charge on any atom is -0.293 e. The Morgan fingerprint density at radius 2 is 2.14 bits per heavy atom. The number of nitrogens with two attached hydrogens (primary N) is 1. The number of nitrogens with one attached hydrogen (secondary N) is 1. The van der Waals surface area contributed by atoms with Gasteiger partial charge in [0.15, 0.2) is 5.13 Å². The smallest absolute Gasteiger partial charge is 0.285 e. The molecule has 1 aliphatic carbocycles. The van der Waals surface area contributed by atoms with Gasteiger partial charge in [-0.05, 0) is 48.9 Å². The molecule has 9 nitrogen and oxygen atoms in total. The van der Waals surface area contributed by atoms with E-state index in [9.17, 15) is 13.2 Å². The Labute approximate surface area is 214 Å². The molecular weight excluding hydrogens is 528 g/mol. The van der Waals surface area contributed by atoms with E-state index in [-0.39, 0.29) is 15.2 Å². The second-order valence-electron chi connectivity index (χ2n) is 7.63. The molecule has 0 saturated heterocycles. The fraction of sp³-hybridized carbons (Fsp3) is 0.182. The van der Waals surface area contributed by atoms with E-state index in [1.54, 1.807) is 23.1 Å². The number of thiazole rings is 1. The van der Waals surface area contributed by atoms with Crippen molar-refractivity contribution in [3.05, 3.63) is 59.0 Å². The zero-order valence-corrected chi connectivity index (χ0v) is 21.6. The van der Waals surface area contributed by atoms with Crippen LogP contribution in [0.1, 0.15) is 18.2 Å². The van der Waals surface area contributed by atoms with E-state index in [1.165, 1.54) is 35.2 Å². The summed E-state index contributed by atoms with van der Waals surface area (Å²) in [6.45, 7) is 1.91. The molecule has 0 bridgehead atoms. The van der Waals surface area contributed by atoms with E-state index in [1.807, 2.05) is 19.1 Å². The van der Waals surface area contributed by atoms with E-state index in [4.69, 9.17) is 21.8 Å². The van der Waals surface area contributed by atoms with Gasteiger partial charge in [-0.2, -0.15) is 5.10 Å². The van der Waals surface area contributed by atoms with Gasteiger partial charge in [0.2, 0.25) is 10.0 Å². The molecule has 0 unspecified atom stereocenters. The van der Waals surface area contributed by atoms with Crippen LogP contribution >= 0.6 is 34.7 Å². The molecule has 180 valence electrons. The quantitative estimate of drug-likeness (QED) is 0.369. The largest absolute Gasteiger partial charge is 0.293 e. The molecule has 3 N–H and O–H groups in total. The van der Waals surface area contributed by atoms with Crippen molar-refractivity contribution in [1.29, 1.82) is 0 Å². The molecule has 3 aromatic heterocycles. The third kappa shape index (κ3) is 4.59. The van der Waals surface area contributed by atoms with Crippen LogP contribution in [-0.2, 0) is 22.9 Å². The van der Waals surface area contributed by atoms with Crippen molar-refractivity contribution in [2.75, 3.05) is 11.1 Å². The van der Waals surface area contributed by atoms with Crippen LogP contribution in [-0.4, -0.2) is 39.2 Å². The van der Waals surface area contributed by atoms with Crippen molar-refractivity contribution < 1.29 is 13.2 Å². The summed E-state index contributed by atoms with van der Waals surface area (Å²) in [5, 5.41) is 13.5. The van der Waals surface area contributed by atoms with Gasteiger partial charge >= 0.3 is 0 Å². The number of hydrogen-bond acceptors (Lipinski definition) is 8. The molecule has 3 heterocycles. The zero-order valence-electron chi connectivity index (χ0n) is 18.4. The van der Waals surface area contributed by atoms with Crippen LogP contribution in [0.2, 0.25) is 5.02 Å². The number of amides is 1. The molecular formula is C22H19ClN6O3S3. The third-order valence-electron chi connectivity index (χ3n) is 5.40. The number of anilines is 1. The molecule has 0 atom stereocenters. The topological polar surface area (TPSA) is 133 Å². The number of primary sulfonamides is 1. The highest BCUT2D eigenvalue weighted by molar-refractivity contribution is 8.13. The number of nitrogens with zero attached hydrogens (tertiary/aromatic N) is 4. The van der Waals surface area contributed by atoms with Gasteiger partial charge in [-0.15, -0.1) is 0 Å². The second kappa shape index (κ2) is 9.36. The highest BCUT2D eigenvalue weighted by atomic mass is 35.5. The first-order valence-electron chi connectivity index (χ1n) is 10.5. The van der Waals surface area contributed by atoms with Crippen LogP contribution in [0.5, 0.6) is 0 Å². The lowest BCUT2D eigenvalue weighted by molar-refractivity contribution is 0.270. The first kappa shape index (κ1) is 23.9. The predicted octanol–water partition coefficient (Wildman–Crippen LogP) is 4.74. The number of sulfonamides is 1. The predicted molar refractivity (Wildman–Crippen MR) is 139 cm³/mol. The molecule has 0 aliphatic heterocycles. The van der Waals surface area contributed by atoms with Crippen molar-refractivity contribution in [1.82, 2.24) is 19.7 Å². The Bertz CT molecular complexity index is 1550. The average Bonchev–Trinajstić information content (AvgIpc) is 3.40. The fourth-order valence-electron chi connectivity index (χ4n) is 3.92. The molecule has 1 aliphatic rings. The van der Waals surface area contributed by atoms with Gasteiger partial charge < -0.3 is 0 Å². The summed E-state index contributed by atoms with van der Waals surface area (Å²) in [6.07, 6.45) is 4.81. The normalized spacial score (nSPS) is 12.8. The number of carbonyl (C=O) groups is 1. The van der Waals surface area contributed by atoms with Gasteiger partial charge in [0.1, 0.15) is 0 Å². The number of aromatic nitrogens is 4. The number of pyridine rings is 1. The van der Waals surface area contributed by atoms with Crippen LogP contribution in [0.4, 0.5) is 9.93 Å². The Morgan fingerprint density at radius 3 is 2.83 bits per heavy atom. The first-order chi connectivity index (χ1) is 16.8. The summed E-state index contributed by atoms with van der Waals surface area (Å²) < 4.78 is 25.3. The maximum absolute atomic E-state index is 12.1.